The lowest BCUT2D eigenvalue weighted by Crippen LogP contribution is -2.16. The monoisotopic (exact) mass is 352 g/mol. The third-order valence-electron chi connectivity index (χ3n) is 3.18. The van der Waals surface area contributed by atoms with Crippen molar-refractivity contribution in [3.05, 3.63) is 58.4 Å². The van der Waals surface area contributed by atoms with E-state index in [1.165, 1.54) is 38.5 Å². The van der Waals surface area contributed by atoms with E-state index in [1.54, 1.807) is 6.07 Å². The first kappa shape index (κ1) is 17.7. The quantitative estimate of drug-likeness (QED) is 0.588. The highest BCUT2D eigenvalue weighted by Gasteiger charge is 2.19. The molecule has 0 aliphatic heterocycles. The number of carbonyl (C=O) groups excluding carboxylic acids is 2. The highest BCUT2D eigenvalue weighted by Crippen LogP contribution is 2.24. The topological polar surface area (TPSA) is 61.8 Å². The van der Waals surface area contributed by atoms with Crippen LogP contribution in [0.5, 0.6) is 11.5 Å². The minimum Gasteiger partial charge on any atom is -0.496 e. The van der Waals surface area contributed by atoms with Crippen LogP contribution < -0.4 is 9.47 Å². The van der Waals surface area contributed by atoms with Gasteiger partial charge in [-0.25, -0.2) is 9.18 Å². The number of benzene rings is 2. The van der Waals surface area contributed by atoms with Gasteiger partial charge < -0.3 is 14.2 Å². The molecule has 0 atom stereocenters. The summed E-state index contributed by atoms with van der Waals surface area (Å²) < 4.78 is 28.3. The van der Waals surface area contributed by atoms with Gasteiger partial charge in [-0.1, -0.05) is 11.6 Å². The maximum atomic E-state index is 13.3. The molecule has 0 amide bonds. The van der Waals surface area contributed by atoms with Gasteiger partial charge in [0.05, 0.1) is 19.8 Å². The van der Waals surface area contributed by atoms with E-state index in [-0.39, 0.29) is 22.6 Å². The molecule has 0 saturated heterocycles. The van der Waals surface area contributed by atoms with Gasteiger partial charge in [0.2, 0.25) is 5.78 Å². The summed E-state index contributed by atoms with van der Waals surface area (Å²) in [6.45, 7) is -0.575. The number of Topliss-reactive ketones (excluding diaryl/α,β-unsaturated/α-hetero) is 1. The summed E-state index contributed by atoms with van der Waals surface area (Å²) in [7, 11) is 2.75. The zero-order valence-electron chi connectivity index (χ0n) is 13.0. The Hall–Kier alpha value is -2.60. The molecule has 0 fully saturated rings. The summed E-state index contributed by atoms with van der Waals surface area (Å²) in [5.74, 6) is -1.52. The average molecular weight is 353 g/mol. The van der Waals surface area contributed by atoms with Crippen LogP contribution in [0.4, 0.5) is 4.39 Å². The highest BCUT2D eigenvalue weighted by atomic mass is 35.5. The SMILES string of the molecule is COc1ccc(F)cc1C(=O)COC(=O)c1cc(Cl)ccc1OC. The van der Waals surface area contributed by atoms with Gasteiger partial charge in [-0.3, -0.25) is 4.79 Å². The number of rotatable bonds is 6. The molecule has 2 rings (SSSR count). The Morgan fingerprint density at radius 2 is 1.62 bits per heavy atom. The van der Waals surface area contributed by atoms with Crippen LogP contribution in [0.25, 0.3) is 0 Å². The molecule has 0 N–H and O–H groups in total. The van der Waals surface area contributed by atoms with Crippen molar-refractivity contribution in [1.29, 1.82) is 0 Å². The molecule has 126 valence electrons. The molecule has 0 bridgehead atoms. The van der Waals surface area contributed by atoms with Crippen LogP contribution in [0.15, 0.2) is 36.4 Å². The fraction of sp³-hybridized carbons (Fsp3) is 0.176. The molecular weight excluding hydrogens is 339 g/mol. The molecule has 0 saturated carbocycles. The van der Waals surface area contributed by atoms with E-state index in [1.807, 2.05) is 0 Å². The maximum Gasteiger partial charge on any atom is 0.342 e. The molecule has 0 unspecified atom stereocenters. The minimum absolute atomic E-state index is 0.0108. The van der Waals surface area contributed by atoms with Gasteiger partial charge in [0.25, 0.3) is 0 Å². The molecule has 5 nitrogen and oxygen atoms in total. The zero-order chi connectivity index (χ0) is 17.7. The van der Waals surface area contributed by atoms with Crippen LogP contribution in [0.2, 0.25) is 5.02 Å². The van der Waals surface area contributed by atoms with E-state index < -0.39 is 24.2 Å². The summed E-state index contributed by atoms with van der Waals surface area (Å²) in [5.41, 5.74) is 0.0763. The molecule has 2 aromatic carbocycles. The smallest absolute Gasteiger partial charge is 0.342 e. The molecule has 0 radical (unpaired) electrons. The molecule has 0 spiro atoms. The number of methoxy groups -OCH3 is 2. The Morgan fingerprint density at radius 3 is 2.29 bits per heavy atom. The Morgan fingerprint density at radius 1 is 1.00 bits per heavy atom. The van der Waals surface area contributed by atoms with E-state index in [2.05, 4.69) is 0 Å². The fourth-order valence-electron chi connectivity index (χ4n) is 2.02. The molecule has 0 heterocycles. The van der Waals surface area contributed by atoms with E-state index in [0.717, 1.165) is 6.07 Å². The first-order valence-electron chi connectivity index (χ1n) is 6.83. The van der Waals surface area contributed by atoms with Crippen LogP contribution in [0.1, 0.15) is 20.7 Å². The Balaban J connectivity index is 2.13. The lowest BCUT2D eigenvalue weighted by Gasteiger charge is -2.10. The second kappa shape index (κ2) is 7.79. The first-order valence-corrected chi connectivity index (χ1v) is 7.21. The van der Waals surface area contributed by atoms with Crippen molar-refractivity contribution in [3.8, 4) is 11.5 Å². The second-order valence-corrected chi connectivity index (χ2v) is 5.12. The summed E-state index contributed by atoms with van der Waals surface area (Å²) in [4.78, 5) is 24.3. The second-order valence-electron chi connectivity index (χ2n) is 4.69. The van der Waals surface area contributed by atoms with Crippen molar-refractivity contribution in [2.45, 2.75) is 0 Å². The number of carbonyl (C=O) groups is 2. The molecule has 7 heteroatoms. The predicted octanol–water partition coefficient (Wildman–Crippen LogP) is 3.54. The van der Waals surface area contributed by atoms with E-state index >= 15 is 0 Å². The number of halogens is 2. The van der Waals surface area contributed by atoms with Crippen molar-refractivity contribution in [1.82, 2.24) is 0 Å². The lowest BCUT2D eigenvalue weighted by atomic mass is 10.1. The van der Waals surface area contributed by atoms with Gasteiger partial charge in [-0.15, -0.1) is 0 Å². The number of hydrogen-bond donors (Lipinski definition) is 0. The number of ketones is 1. The lowest BCUT2D eigenvalue weighted by molar-refractivity contribution is 0.0470. The van der Waals surface area contributed by atoms with Crippen molar-refractivity contribution >= 4 is 23.4 Å². The van der Waals surface area contributed by atoms with Gasteiger partial charge in [0.1, 0.15) is 22.9 Å². The van der Waals surface area contributed by atoms with Gasteiger partial charge in [0, 0.05) is 5.02 Å². The average Bonchev–Trinajstić information content (AvgIpc) is 2.59. The van der Waals surface area contributed by atoms with Crippen molar-refractivity contribution in [2.75, 3.05) is 20.8 Å². The minimum atomic E-state index is -0.780. The van der Waals surface area contributed by atoms with Crippen LogP contribution >= 0.6 is 11.6 Å². The van der Waals surface area contributed by atoms with Crippen molar-refractivity contribution in [3.63, 3.8) is 0 Å². The van der Waals surface area contributed by atoms with Crippen LogP contribution in [-0.4, -0.2) is 32.6 Å². The molecule has 0 aliphatic rings. The van der Waals surface area contributed by atoms with Crippen molar-refractivity contribution in [2.24, 2.45) is 0 Å². The van der Waals surface area contributed by atoms with Crippen LogP contribution in [-0.2, 0) is 4.74 Å². The number of ether oxygens (including phenoxy) is 3. The van der Waals surface area contributed by atoms with E-state index in [9.17, 15) is 14.0 Å². The summed E-state index contributed by atoms with van der Waals surface area (Å²) in [6, 6.07) is 7.95. The van der Waals surface area contributed by atoms with Gasteiger partial charge in [-0.05, 0) is 36.4 Å². The van der Waals surface area contributed by atoms with E-state index in [0.29, 0.717) is 5.02 Å². The summed E-state index contributed by atoms with van der Waals surface area (Å²) in [5, 5.41) is 0.320. The van der Waals surface area contributed by atoms with Crippen LogP contribution in [0, 0.1) is 5.82 Å². The Bertz CT molecular complexity index is 710. The molecule has 0 aromatic heterocycles. The summed E-state index contributed by atoms with van der Waals surface area (Å²) >= 11 is 5.84. The van der Waals surface area contributed by atoms with Gasteiger partial charge in [-0.2, -0.15) is 0 Å². The Labute approximate surface area is 142 Å². The number of esters is 1. The van der Waals surface area contributed by atoms with Gasteiger partial charge >= 0.3 is 5.97 Å². The largest absolute Gasteiger partial charge is 0.496 e. The molecule has 2 aromatic rings. The van der Waals surface area contributed by atoms with Crippen LogP contribution in [0.3, 0.4) is 0 Å². The third kappa shape index (κ3) is 4.02. The van der Waals surface area contributed by atoms with Gasteiger partial charge in [0.15, 0.2) is 6.61 Å². The Kier molecular flexibility index (Phi) is 5.76. The fourth-order valence-corrected chi connectivity index (χ4v) is 2.20. The third-order valence-corrected chi connectivity index (χ3v) is 3.41. The molecule has 24 heavy (non-hydrogen) atoms. The van der Waals surface area contributed by atoms with E-state index in [4.69, 9.17) is 25.8 Å². The molecule has 0 aliphatic carbocycles. The zero-order valence-corrected chi connectivity index (χ0v) is 13.7. The standard InChI is InChI=1S/C17H14ClFO5/c1-22-15-6-4-11(19)8-12(15)14(20)9-24-17(21)13-7-10(18)3-5-16(13)23-2/h3-8H,9H2,1-2H3. The highest BCUT2D eigenvalue weighted by molar-refractivity contribution is 6.31. The molecular formula is C17H14ClFO5. The number of hydrogen-bond acceptors (Lipinski definition) is 5. The predicted molar refractivity (Wildman–Crippen MR) is 85.6 cm³/mol. The first-order chi connectivity index (χ1) is 11.5. The maximum absolute atomic E-state index is 13.3. The summed E-state index contributed by atoms with van der Waals surface area (Å²) in [6.07, 6.45) is 0. The normalized spacial score (nSPS) is 10.2. The van der Waals surface area contributed by atoms with Crippen molar-refractivity contribution < 1.29 is 28.2 Å².